The van der Waals surface area contributed by atoms with Crippen LogP contribution in [0.25, 0.3) is 0 Å². The normalized spacial score (nSPS) is 22.2. The zero-order chi connectivity index (χ0) is 15.2. The van der Waals surface area contributed by atoms with Gasteiger partial charge in [-0.25, -0.2) is 0 Å². The summed E-state index contributed by atoms with van der Waals surface area (Å²) < 4.78 is 0. The van der Waals surface area contributed by atoms with E-state index >= 15 is 0 Å². The van der Waals surface area contributed by atoms with Crippen LogP contribution in [0, 0.1) is 11.8 Å². The molecule has 2 aliphatic rings. The first-order valence-electron chi connectivity index (χ1n) is 8.54. The Bertz CT molecular complexity index is 458. The van der Waals surface area contributed by atoms with Gasteiger partial charge < -0.3 is 10.6 Å². The molecular formula is C17H29Cl2N3OS. The highest BCUT2D eigenvalue weighted by Crippen LogP contribution is 2.20. The van der Waals surface area contributed by atoms with E-state index in [0.717, 1.165) is 52.1 Å². The standard InChI is InChI=1S/C17H27N3OS.2ClH/c21-17(15-3-1-7-18-12-15)19-11-14-5-8-20(9-6-14)13-16-4-2-10-22-16;;/h2,4,10,14-15,18H,1,3,5-9,11-13H2,(H,19,21);2*1H. The van der Waals surface area contributed by atoms with Crippen molar-refractivity contribution in [3.05, 3.63) is 22.4 Å². The molecule has 1 atom stereocenters. The molecule has 0 spiro atoms. The molecule has 0 aliphatic carbocycles. The topological polar surface area (TPSA) is 44.4 Å². The Balaban J connectivity index is 0.00000144. The lowest BCUT2D eigenvalue weighted by Crippen LogP contribution is -2.43. The van der Waals surface area contributed by atoms with Crippen molar-refractivity contribution in [3.63, 3.8) is 0 Å². The largest absolute Gasteiger partial charge is 0.356 e. The molecular weight excluding hydrogens is 365 g/mol. The number of hydrogen-bond donors (Lipinski definition) is 2. The summed E-state index contributed by atoms with van der Waals surface area (Å²) in [5, 5.41) is 8.65. The van der Waals surface area contributed by atoms with Gasteiger partial charge in [-0.05, 0) is 62.7 Å². The number of piperidine rings is 2. The van der Waals surface area contributed by atoms with Gasteiger partial charge in [-0.2, -0.15) is 0 Å². The van der Waals surface area contributed by atoms with Gasteiger partial charge in [0, 0.05) is 24.5 Å². The molecule has 24 heavy (non-hydrogen) atoms. The Morgan fingerprint density at radius 2 is 2.08 bits per heavy atom. The monoisotopic (exact) mass is 393 g/mol. The minimum absolute atomic E-state index is 0. The number of hydrogen-bond acceptors (Lipinski definition) is 4. The maximum absolute atomic E-state index is 12.2. The van der Waals surface area contributed by atoms with Crippen molar-refractivity contribution in [2.45, 2.75) is 32.2 Å². The molecule has 0 bridgehead atoms. The molecule has 7 heteroatoms. The molecule has 1 amide bonds. The van der Waals surface area contributed by atoms with E-state index in [-0.39, 0.29) is 36.6 Å². The van der Waals surface area contributed by atoms with Crippen LogP contribution in [0.5, 0.6) is 0 Å². The van der Waals surface area contributed by atoms with Crippen LogP contribution < -0.4 is 10.6 Å². The Labute approximate surface area is 161 Å². The summed E-state index contributed by atoms with van der Waals surface area (Å²) in [5.41, 5.74) is 0. The fourth-order valence-corrected chi connectivity index (χ4v) is 4.18. The molecule has 0 aromatic carbocycles. The summed E-state index contributed by atoms with van der Waals surface area (Å²) in [4.78, 5) is 16.1. The lowest BCUT2D eigenvalue weighted by atomic mass is 9.95. The summed E-state index contributed by atoms with van der Waals surface area (Å²) in [5.74, 6) is 1.10. The van der Waals surface area contributed by atoms with Crippen molar-refractivity contribution in [1.82, 2.24) is 15.5 Å². The Kier molecular flexibility index (Phi) is 10.2. The summed E-state index contributed by atoms with van der Waals surface area (Å²) >= 11 is 1.84. The van der Waals surface area contributed by atoms with E-state index in [1.165, 1.54) is 17.7 Å². The van der Waals surface area contributed by atoms with Gasteiger partial charge in [-0.15, -0.1) is 36.2 Å². The summed E-state index contributed by atoms with van der Waals surface area (Å²) in [6.45, 7) is 6.18. The molecule has 4 nitrogen and oxygen atoms in total. The van der Waals surface area contributed by atoms with E-state index in [9.17, 15) is 4.79 Å². The molecule has 3 rings (SSSR count). The second-order valence-electron chi connectivity index (χ2n) is 6.59. The quantitative estimate of drug-likeness (QED) is 0.807. The third-order valence-electron chi connectivity index (χ3n) is 4.90. The molecule has 1 aromatic heterocycles. The SMILES string of the molecule is Cl.Cl.O=C(NCC1CCN(Cc2cccs2)CC1)C1CCCNC1. The second-order valence-corrected chi connectivity index (χ2v) is 7.62. The first-order chi connectivity index (χ1) is 10.8. The van der Waals surface area contributed by atoms with Gasteiger partial charge in [0.05, 0.1) is 5.92 Å². The van der Waals surface area contributed by atoms with Crippen molar-refractivity contribution in [1.29, 1.82) is 0 Å². The van der Waals surface area contributed by atoms with E-state index in [4.69, 9.17) is 0 Å². The molecule has 3 heterocycles. The smallest absolute Gasteiger partial charge is 0.224 e. The fourth-order valence-electron chi connectivity index (χ4n) is 3.44. The molecule has 2 N–H and O–H groups in total. The van der Waals surface area contributed by atoms with Crippen LogP contribution in [0.3, 0.4) is 0 Å². The zero-order valence-electron chi connectivity index (χ0n) is 14.0. The van der Waals surface area contributed by atoms with E-state index in [1.54, 1.807) is 0 Å². The molecule has 2 fully saturated rings. The second kappa shape index (κ2) is 11.3. The Morgan fingerprint density at radius 3 is 2.71 bits per heavy atom. The molecule has 0 saturated carbocycles. The van der Waals surface area contributed by atoms with Crippen LogP contribution in [-0.2, 0) is 11.3 Å². The van der Waals surface area contributed by atoms with Crippen LogP contribution >= 0.6 is 36.2 Å². The lowest BCUT2D eigenvalue weighted by Gasteiger charge is -2.32. The molecule has 1 unspecified atom stereocenters. The lowest BCUT2D eigenvalue weighted by molar-refractivity contribution is -0.125. The summed E-state index contributed by atoms with van der Waals surface area (Å²) in [7, 11) is 0. The highest BCUT2D eigenvalue weighted by Gasteiger charge is 2.23. The fraction of sp³-hybridized carbons (Fsp3) is 0.706. The number of halogens is 2. The van der Waals surface area contributed by atoms with Crippen LogP contribution in [0.1, 0.15) is 30.6 Å². The third-order valence-corrected chi connectivity index (χ3v) is 5.76. The van der Waals surface area contributed by atoms with Crippen LogP contribution in [0.4, 0.5) is 0 Å². The van der Waals surface area contributed by atoms with E-state index in [1.807, 2.05) is 11.3 Å². The average Bonchev–Trinajstić information content (AvgIpc) is 3.08. The van der Waals surface area contributed by atoms with Gasteiger partial charge in [-0.3, -0.25) is 9.69 Å². The Morgan fingerprint density at radius 1 is 1.29 bits per heavy atom. The van der Waals surface area contributed by atoms with Gasteiger partial charge in [0.2, 0.25) is 5.91 Å². The number of nitrogens with one attached hydrogen (secondary N) is 2. The van der Waals surface area contributed by atoms with Crippen LogP contribution in [0.15, 0.2) is 17.5 Å². The van der Waals surface area contributed by atoms with Crippen molar-refractivity contribution < 1.29 is 4.79 Å². The number of thiophene rings is 1. The van der Waals surface area contributed by atoms with Crippen molar-refractivity contribution >= 4 is 42.1 Å². The number of rotatable bonds is 5. The summed E-state index contributed by atoms with van der Waals surface area (Å²) in [6, 6.07) is 4.34. The van der Waals surface area contributed by atoms with E-state index in [0.29, 0.717) is 5.92 Å². The number of likely N-dealkylation sites (tertiary alicyclic amines) is 1. The van der Waals surface area contributed by atoms with E-state index in [2.05, 4.69) is 33.0 Å². The first-order valence-corrected chi connectivity index (χ1v) is 9.42. The molecule has 2 saturated heterocycles. The predicted octanol–water partition coefficient (Wildman–Crippen LogP) is 2.92. The molecule has 0 radical (unpaired) electrons. The number of carbonyl (C=O) groups is 1. The molecule has 2 aliphatic heterocycles. The molecule has 138 valence electrons. The van der Waals surface area contributed by atoms with Gasteiger partial charge >= 0.3 is 0 Å². The maximum atomic E-state index is 12.2. The number of amides is 1. The Hall–Kier alpha value is -0.330. The predicted molar refractivity (Wildman–Crippen MR) is 105 cm³/mol. The van der Waals surface area contributed by atoms with Gasteiger partial charge in [-0.1, -0.05) is 6.07 Å². The van der Waals surface area contributed by atoms with Crippen molar-refractivity contribution in [2.24, 2.45) is 11.8 Å². The van der Waals surface area contributed by atoms with Gasteiger partial charge in [0.1, 0.15) is 0 Å². The van der Waals surface area contributed by atoms with Crippen LogP contribution in [0.2, 0.25) is 0 Å². The first kappa shape index (κ1) is 21.7. The molecule has 1 aromatic rings. The highest BCUT2D eigenvalue weighted by molar-refractivity contribution is 7.09. The van der Waals surface area contributed by atoms with E-state index < -0.39 is 0 Å². The van der Waals surface area contributed by atoms with Gasteiger partial charge in [0.25, 0.3) is 0 Å². The average molecular weight is 394 g/mol. The minimum atomic E-state index is 0. The van der Waals surface area contributed by atoms with Crippen molar-refractivity contribution in [3.8, 4) is 0 Å². The van der Waals surface area contributed by atoms with Gasteiger partial charge in [0.15, 0.2) is 0 Å². The zero-order valence-corrected chi connectivity index (χ0v) is 16.5. The van der Waals surface area contributed by atoms with Crippen molar-refractivity contribution in [2.75, 3.05) is 32.7 Å². The highest BCUT2D eigenvalue weighted by atomic mass is 35.5. The maximum Gasteiger partial charge on any atom is 0.224 e. The third kappa shape index (κ3) is 6.52. The number of nitrogens with zero attached hydrogens (tertiary/aromatic N) is 1. The minimum Gasteiger partial charge on any atom is -0.356 e. The summed E-state index contributed by atoms with van der Waals surface area (Å²) in [6.07, 6.45) is 4.57. The number of carbonyl (C=O) groups excluding carboxylic acids is 1. The van der Waals surface area contributed by atoms with Crippen LogP contribution in [-0.4, -0.2) is 43.5 Å².